The van der Waals surface area contributed by atoms with Gasteiger partial charge >= 0.3 is 0 Å². The molecule has 0 fully saturated rings. The first-order chi connectivity index (χ1) is 11.2. The number of hydrogen-bond acceptors (Lipinski definition) is 5. The topological polar surface area (TPSA) is 68.0 Å². The van der Waals surface area contributed by atoms with Gasteiger partial charge in [-0.25, -0.2) is 9.97 Å². The second kappa shape index (κ2) is 5.93. The highest BCUT2D eigenvalue weighted by Gasteiger charge is 2.16. The lowest BCUT2D eigenvalue weighted by Crippen LogP contribution is -1.96. The molecule has 0 unspecified atom stereocenters. The number of fused-ring (bicyclic) bond motifs is 1. The number of hydrogen-bond donors (Lipinski definition) is 0. The van der Waals surface area contributed by atoms with Gasteiger partial charge in [0.1, 0.15) is 22.9 Å². The van der Waals surface area contributed by atoms with Gasteiger partial charge < -0.3 is 9.47 Å². The third-order valence-electron chi connectivity index (χ3n) is 3.69. The molecule has 0 spiro atoms. The minimum absolute atomic E-state index is 0.314. The van der Waals surface area contributed by atoms with Gasteiger partial charge in [-0.05, 0) is 36.8 Å². The van der Waals surface area contributed by atoms with Gasteiger partial charge in [0, 0.05) is 22.8 Å². The van der Waals surface area contributed by atoms with Gasteiger partial charge in [0.05, 0.1) is 14.2 Å². The number of nitriles is 1. The first-order valence-electron chi connectivity index (χ1n) is 7.07. The van der Waals surface area contributed by atoms with Crippen LogP contribution in [0.2, 0.25) is 0 Å². The molecule has 0 amide bonds. The quantitative estimate of drug-likeness (QED) is 0.741. The molecule has 23 heavy (non-hydrogen) atoms. The number of methoxy groups -OCH3 is 2. The molecule has 2 aromatic heterocycles. The van der Waals surface area contributed by atoms with Gasteiger partial charge in [-0.15, -0.1) is 0 Å². The fraction of sp³-hybridized carbons (Fsp3) is 0.167. The first kappa shape index (κ1) is 14.8. The van der Waals surface area contributed by atoms with E-state index < -0.39 is 0 Å². The summed E-state index contributed by atoms with van der Waals surface area (Å²) in [6.45, 7) is 1.93. The fourth-order valence-corrected chi connectivity index (χ4v) is 2.62. The van der Waals surface area contributed by atoms with Gasteiger partial charge in [0.25, 0.3) is 0 Å². The summed E-state index contributed by atoms with van der Waals surface area (Å²) in [4.78, 5) is 8.67. The van der Waals surface area contributed by atoms with E-state index in [-0.39, 0.29) is 0 Å². The maximum absolute atomic E-state index is 9.50. The smallest absolute Gasteiger partial charge is 0.232 e. The Hall–Kier alpha value is -3.13. The zero-order valence-electron chi connectivity index (χ0n) is 13.1. The van der Waals surface area contributed by atoms with Crippen LogP contribution in [0, 0.1) is 18.3 Å². The maximum Gasteiger partial charge on any atom is 0.232 e. The van der Waals surface area contributed by atoms with Crippen molar-refractivity contribution < 1.29 is 9.47 Å². The Morgan fingerprint density at radius 3 is 2.52 bits per heavy atom. The molecule has 2 heterocycles. The van der Waals surface area contributed by atoms with Crippen LogP contribution >= 0.6 is 0 Å². The lowest BCUT2D eigenvalue weighted by molar-refractivity contribution is 0.397. The summed E-state index contributed by atoms with van der Waals surface area (Å²) in [6.07, 6.45) is 1.63. The molecule has 5 nitrogen and oxygen atoms in total. The van der Waals surface area contributed by atoms with E-state index in [1.165, 1.54) is 7.11 Å². The number of nitrogens with zero attached hydrogens (tertiary/aromatic N) is 3. The Balaban J connectivity index is 2.37. The Morgan fingerprint density at radius 1 is 1.00 bits per heavy atom. The molecule has 3 aromatic rings. The van der Waals surface area contributed by atoms with Crippen LogP contribution in [0.25, 0.3) is 22.0 Å². The predicted molar refractivity (Wildman–Crippen MR) is 87.5 cm³/mol. The molecule has 0 aliphatic carbocycles. The predicted octanol–water partition coefficient (Wildman–Crippen LogP) is 3.49. The molecule has 0 N–H and O–H groups in total. The molecule has 0 saturated heterocycles. The van der Waals surface area contributed by atoms with E-state index >= 15 is 0 Å². The van der Waals surface area contributed by atoms with E-state index in [0.29, 0.717) is 17.2 Å². The van der Waals surface area contributed by atoms with Crippen molar-refractivity contribution in [3.8, 4) is 28.8 Å². The normalized spacial score (nSPS) is 10.3. The number of pyridine rings is 2. The van der Waals surface area contributed by atoms with Crippen LogP contribution in [0.1, 0.15) is 11.3 Å². The fourth-order valence-electron chi connectivity index (χ4n) is 2.62. The molecular formula is C18H15N3O2. The van der Waals surface area contributed by atoms with E-state index in [1.54, 1.807) is 13.3 Å². The third kappa shape index (κ3) is 2.44. The van der Waals surface area contributed by atoms with Crippen LogP contribution in [0.4, 0.5) is 0 Å². The van der Waals surface area contributed by atoms with Crippen molar-refractivity contribution in [1.29, 1.82) is 5.26 Å². The van der Waals surface area contributed by atoms with Crippen molar-refractivity contribution in [3.63, 3.8) is 0 Å². The average molecular weight is 305 g/mol. The highest BCUT2D eigenvalue weighted by atomic mass is 16.5. The molecule has 3 rings (SSSR count). The highest BCUT2D eigenvalue weighted by molar-refractivity contribution is 5.99. The first-order valence-corrected chi connectivity index (χ1v) is 7.07. The molecule has 0 aliphatic heterocycles. The second-order valence-electron chi connectivity index (χ2n) is 5.02. The Kier molecular flexibility index (Phi) is 3.82. The zero-order valence-corrected chi connectivity index (χ0v) is 13.1. The van der Waals surface area contributed by atoms with Crippen LogP contribution in [-0.2, 0) is 0 Å². The standard InChI is InChI=1S/C18H15N3O2/c1-11-4-5-14-12(6-7-16(22-2)17(14)21-11)13-8-9-20-18(23-3)15(13)10-19/h4-9H,1-3H3. The Morgan fingerprint density at radius 2 is 1.83 bits per heavy atom. The second-order valence-corrected chi connectivity index (χ2v) is 5.02. The largest absolute Gasteiger partial charge is 0.494 e. The van der Waals surface area contributed by atoms with Crippen molar-refractivity contribution in [2.24, 2.45) is 0 Å². The van der Waals surface area contributed by atoms with Crippen LogP contribution in [0.5, 0.6) is 11.6 Å². The van der Waals surface area contributed by atoms with Gasteiger partial charge in [0.15, 0.2) is 0 Å². The minimum atomic E-state index is 0.314. The summed E-state index contributed by atoms with van der Waals surface area (Å²) in [5.74, 6) is 1.01. The Labute approximate surface area is 134 Å². The van der Waals surface area contributed by atoms with E-state index in [4.69, 9.17) is 9.47 Å². The van der Waals surface area contributed by atoms with Crippen molar-refractivity contribution in [3.05, 3.63) is 47.8 Å². The summed E-state index contributed by atoms with van der Waals surface area (Å²) >= 11 is 0. The maximum atomic E-state index is 9.50. The van der Waals surface area contributed by atoms with E-state index in [1.807, 2.05) is 37.3 Å². The number of rotatable bonds is 3. The molecule has 1 aromatic carbocycles. The number of benzene rings is 1. The summed E-state index contributed by atoms with van der Waals surface area (Å²) in [7, 11) is 3.12. The van der Waals surface area contributed by atoms with E-state index in [2.05, 4.69) is 16.0 Å². The Bertz CT molecular complexity index is 929. The summed E-state index contributed by atoms with van der Waals surface area (Å²) in [6, 6.07) is 11.7. The molecular weight excluding hydrogens is 290 g/mol. The van der Waals surface area contributed by atoms with Crippen molar-refractivity contribution >= 4 is 10.9 Å². The van der Waals surface area contributed by atoms with E-state index in [9.17, 15) is 5.26 Å². The van der Waals surface area contributed by atoms with Crippen LogP contribution < -0.4 is 9.47 Å². The SMILES string of the molecule is COc1nccc(-c2ccc(OC)c3nc(C)ccc23)c1C#N. The van der Waals surface area contributed by atoms with Gasteiger partial charge in [0.2, 0.25) is 5.88 Å². The summed E-state index contributed by atoms with van der Waals surface area (Å²) < 4.78 is 10.6. The van der Waals surface area contributed by atoms with Gasteiger partial charge in [-0.2, -0.15) is 5.26 Å². The average Bonchev–Trinajstić information content (AvgIpc) is 2.59. The number of ether oxygens (including phenoxy) is 2. The van der Waals surface area contributed by atoms with Crippen LogP contribution in [0.15, 0.2) is 36.5 Å². The van der Waals surface area contributed by atoms with Gasteiger partial charge in [-0.1, -0.05) is 6.07 Å². The van der Waals surface area contributed by atoms with Crippen LogP contribution in [0.3, 0.4) is 0 Å². The lowest BCUT2D eigenvalue weighted by Gasteiger charge is -2.12. The molecule has 5 heteroatoms. The summed E-state index contributed by atoms with van der Waals surface area (Å²) in [5.41, 5.74) is 3.73. The zero-order chi connectivity index (χ0) is 16.4. The monoisotopic (exact) mass is 305 g/mol. The third-order valence-corrected chi connectivity index (χ3v) is 3.69. The molecule has 0 atom stereocenters. The van der Waals surface area contributed by atoms with Crippen molar-refractivity contribution in [2.75, 3.05) is 14.2 Å². The van der Waals surface area contributed by atoms with Crippen molar-refractivity contribution in [2.45, 2.75) is 6.92 Å². The molecule has 0 bridgehead atoms. The molecule has 0 radical (unpaired) electrons. The molecule has 0 saturated carbocycles. The van der Waals surface area contributed by atoms with Crippen LogP contribution in [-0.4, -0.2) is 24.2 Å². The molecule has 114 valence electrons. The van der Waals surface area contributed by atoms with E-state index in [0.717, 1.165) is 27.7 Å². The van der Waals surface area contributed by atoms with Crippen molar-refractivity contribution in [1.82, 2.24) is 9.97 Å². The minimum Gasteiger partial charge on any atom is -0.494 e. The number of aryl methyl sites for hydroxylation is 1. The van der Waals surface area contributed by atoms with Gasteiger partial charge in [-0.3, -0.25) is 0 Å². The highest BCUT2D eigenvalue weighted by Crippen LogP contribution is 2.36. The lowest BCUT2D eigenvalue weighted by atomic mass is 9.97. The summed E-state index contributed by atoms with van der Waals surface area (Å²) in [5, 5.41) is 10.4. The number of aromatic nitrogens is 2. The molecule has 0 aliphatic rings.